The fraction of sp³-hybridized carbons (Fsp3) is 0.306. The molecule has 56 heavy (non-hydrogen) atoms. The van der Waals surface area contributed by atoms with Gasteiger partial charge in [0.1, 0.15) is 11.5 Å². The van der Waals surface area contributed by atoms with Crippen LogP contribution in [0.2, 0.25) is 0 Å². The molecule has 3 N–H and O–H groups in total. The SMILES string of the molecule is CC1(C)C=C(CS(=O)(=O)[O-])c2cc3c(cc2=N1)Oc1cc2c(cc1C=3c1cc(C(=O)NCCCN=[N+]=[N-])ccc1C(=O)O)C(CS(=O)(=O)[O-])=CC(C)(C)N2.[K+].[K+]. The Balaban J connectivity index is 0.00000348. The van der Waals surface area contributed by atoms with Crippen LogP contribution in [-0.2, 0) is 20.2 Å². The van der Waals surface area contributed by atoms with E-state index in [2.05, 4.69) is 20.7 Å². The van der Waals surface area contributed by atoms with Gasteiger partial charge < -0.3 is 29.6 Å². The van der Waals surface area contributed by atoms with Crippen molar-refractivity contribution in [2.24, 2.45) is 10.1 Å². The monoisotopic (exact) mass is 852 g/mol. The van der Waals surface area contributed by atoms with E-state index in [0.29, 0.717) is 23.0 Å². The normalized spacial score (nSPS) is 15.7. The van der Waals surface area contributed by atoms with Crippen molar-refractivity contribution in [3.8, 4) is 11.5 Å². The van der Waals surface area contributed by atoms with E-state index in [0.717, 1.165) is 0 Å². The van der Waals surface area contributed by atoms with E-state index in [4.69, 9.17) is 15.3 Å². The van der Waals surface area contributed by atoms with Crippen LogP contribution in [0.3, 0.4) is 0 Å². The fourth-order valence-corrected chi connectivity index (χ4v) is 8.16. The zero-order chi connectivity index (χ0) is 39.4. The number of carboxylic acids is 1. The zero-order valence-corrected chi connectivity index (χ0v) is 39.3. The molecule has 3 aromatic carbocycles. The number of benzene rings is 3. The van der Waals surface area contributed by atoms with Gasteiger partial charge in [0.05, 0.1) is 53.7 Å². The molecule has 0 saturated heterocycles. The van der Waals surface area contributed by atoms with Crippen LogP contribution in [0.4, 0.5) is 5.69 Å². The fourth-order valence-electron chi connectivity index (χ4n) is 6.92. The summed E-state index contributed by atoms with van der Waals surface area (Å²) in [5.74, 6) is -3.19. The first-order chi connectivity index (χ1) is 25.1. The predicted molar refractivity (Wildman–Crippen MR) is 197 cm³/mol. The van der Waals surface area contributed by atoms with Crippen LogP contribution in [0.15, 0.2) is 64.7 Å². The van der Waals surface area contributed by atoms with Crippen LogP contribution >= 0.6 is 0 Å². The van der Waals surface area contributed by atoms with Crippen molar-refractivity contribution in [1.29, 1.82) is 0 Å². The van der Waals surface area contributed by atoms with Crippen LogP contribution in [0, 0.1) is 0 Å². The Labute approximate surface area is 407 Å². The van der Waals surface area contributed by atoms with Gasteiger partial charge in [0.2, 0.25) is 0 Å². The summed E-state index contributed by atoms with van der Waals surface area (Å²) in [6, 6.07) is 10.3. The molecule has 3 aliphatic rings. The maximum Gasteiger partial charge on any atom is 1.00 e. The Morgan fingerprint density at radius 1 is 0.911 bits per heavy atom. The van der Waals surface area contributed by atoms with Crippen LogP contribution in [0.1, 0.15) is 77.1 Å². The average Bonchev–Trinajstić information content (AvgIpc) is 3.03. The minimum absolute atomic E-state index is 0. The van der Waals surface area contributed by atoms with Gasteiger partial charge in [-0.2, -0.15) is 0 Å². The van der Waals surface area contributed by atoms with Crippen LogP contribution < -0.4 is 129 Å². The summed E-state index contributed by atoms with van der Waals surface area (Å²) >= 11 is 0. The third-order valence-electron chi connectivity index (χ3n) is 8.83. The molecule has 3 aromatic rings. The van der Waals surface area contributed by atoms with Crippen molar-refractivity contribution < 1.29 is 148 Å². The van der Waals surface area contributed by atoms with Gasteiger partial charge in [-0.3, -0.25) is 9.79 Å². The number of fused-ring (bicyclic) bond motifs is 4. The maximum atomic E-state index is 13.3. The summed E-state index contributed by atoms with van der Waals surface area (Å²) < 4.78 is 78.8. The van der Waals surface area contributed by atoms with Crippen molar-refractivity contribution >= 4 is 54.5 Å². The number of carboxylic acid groups (broad SMARTS) is 1. The van der Waals surface area contributed by atoms with Crippen molar-refractivity contribution in [2.75, 3.05) is 29.9 Å². The number of carbonyl (C=O) groups is 2. The number of ether oxygens (including phenoxy) is 1. The van der Waals surface area contributed by atoms with Crippen LogP contribution in [-0.4, -0.2) is 78.6 Å². The first-order valence-corrected chi connectivity index (χ1v) is 19.7. The van der Waals surface area contributed by atoms with E-state index in [-0.39, 0.29) is 177 Å². The summed E-state index contributed by atoms with van der Waals surface area (Å²) in [5.41, 5.74) is 8.65. The molecule has 0 saturated carbocycles. The number of rotatable bonds is 11. The molecule has 0 aliphatic carbocycles. The number of hydrogen-bond donors (Lipinski definition) is 3. The molecule has 0 bridgehead atoms. The molecule has 282 valence electrons. The molecule has 0 aromatic heterocycles. The number of aromatic carboxylic acids is 1. The van der Waals surface area contributed by atoms with Gasteiger partial charge in [-0.15, -0.1) is 0 Å². The van der Waals surface area contributed by atoms with E-state index in [9.17, 15) is 40.6 Å². The molecule has 16 nitrogen and oxygen atoms in total. The molecule has 3 heterocycles. The van der Waals surface area contributed by atoms with Crippen LogP contribution in [0.25, 0.3) is 27.2 Å². The standard InChI is InChI=1S/C36H36N6O10S2.2K/c1-35(2)15-20(17-53(46,47)48)23-11-26-30(13-28(23)40-35)52-31-14-29-24(21(18-54(49,50)51)16-36(3,4)41-29)12-27(31)32(26)25-10-19(6-7-22(25)34(44)45)33(43)38-8-5-9-39-42-37;;/h6-7,10-16,40H,5,8-9,17-18H2,1-4H3,(H,38,43)(H,44,45)(H,46,47,48)(H,49,50,51);;/q;2*+1/p-2. The Kier molecular flexibility index (Phi) is 14.5. The van der Waals surface area contributed by atoms with Crippen molar-refractivity contribution in [2.45, 2.75) is 45.2 Å². The summed E-state index contributed by atoms with van der Waals surface area (Å²) in [6.07, 6.45) is 3.52. The Hall–Kier alpha value is -2.25. The van der Waals surface area contributed by atoms with Gasteiger partial charge in [-0.05, 0) is 86.7 Å². The average molecular weight is 853 g/mol. The number of carbonyl (C=O) groups excluding carboxylic acids is 1. The van der Waals surface area contributed by atoms with E-state index in [1.807, 2.05) is 0 Å². The quantitative estimate of drug-likeness (QED) is 0.0359. The van der Waals surface area contributed by atoms with E-state index >= 15 is 0 Å². The zero-order valence-electron chi connectivity index (χ0n) is 31.5. The summed E-state index contributed by atoms with van der Waals surface area (Å²) in [7, 11) is -9.53. The number of amides is 1. The number of anilines is 1. The molecule has 20 heteroatoms. The Morgan fingerprint density at radius 2 is 1.57 bits per heavy atom. The first kappa shape index (κ1) is 46.4. The maximum absolute atomic E-state index is 13.3. The molecule has 0 radical (unpaired) electrons. The third-order valence-corrected chi connectivity index (χ3v) is 10.2. The minimum atomic E-state index is -4.77. The summed E-state index contributed by atoms with van der Waals surface area (Å²) in [5, 5.41) is 20.5. The van der Waals surface area contributed by atoms with Crippen molar-refractivity contribution in [3.63, 3.8) is 0 Å². The largest absolute Gasteiger partial charge is 1.00 e. The molecule has 1 amide bonds. The third kappa shape index (κ3) is 10.7. The number of nitrogens with one attached hydrogen (secondary N) is 2. The number of hydrogen-bond acceptors (Lipinski definition) is 12. The van der Waals surface area contributed by atoms with Gasteiger partial charge in [-0.25, -0.2) is 21.6 Å². The number of nitrogens with zero attached hydrogens (tertiary/aromatic N) is 4. The molecule has 0 spiro atoms. The summed E-state index contributed by atoms with van der Waals surface area (Å²) in [4.78, 5) is 33.6. The van der Waals surface area contributed by atoms with Gasteiger partial charge in [0.25, 0.3) is 5.91 Å². The molecular formula is C36H34K2N6O10S2. The first-order valence-electron chi connectivity index (χ1n) is 16.5. The topological polar surface area (TPSA) is 263 Å². The summed E-state index contributed by atoms with van der Waals surface area (Å²) in [6.45, 7) is 7.34. The molecule has 6 rings (SSSR count). The second-order valence-electron chi connectivity index (χ2n) is 14.2. The molecule has 0 atom stereocenters. The minimum Gasteiger partial charge on any atom is -0.748 e. The molecule has 0 fully saturated rings. The number of azide groups is 1. The molecular weight excluding hydrogens is 819 g/mol. The van der Waals surface area contributed by atoms with E-state index < -0.39 is 54.7 Å². The van der Waals surface area contributed by atoms with Crippen molar-refractivity contribution in [1.82, 2.24) is 5.32 Å². The smallest absolute Gasteiger partial charge is 0.748 e. The van der Waals surface area contributed by atoms with E-state index in [1.165, 1.54) is 18.2 Å². The Morgan fingerprint density at radius 3 is 2.20 bits per heavy atom. The second-order valence-corrected chi connectivity index (χ2v) is 17.0. The van der Waals surface area contributed by atoms with Gasteiger partial charge >= 0.3 is 109 Å². The van der Waals surface area contributed by atoms with Gasteiger partial charge in [0, 0.05) is 68.9 Å². The van der Waals surface area contributed by atoms with Crippen LogP contribution in [0.5, 0.6) is 11.5 Å². The Bertz CT molecular complexity index is 2640. The van der Waals surface area contributed by atoms with E-state index in [1.54, 1.807) is 64.1 Å². The van der Waals surface area contributed by atoms with Crippen molar-refractivity contribution in [3.05, 3.63) is 109 Å². The predicted octanol–water partition coefficient (Wildman–Crippen LogP) is -2.35. The van der Waals surface area contributed by atoms with Gasteiger partial charge in [0.15, 0.2) is 0 Å². The molecule has 0 unspecified atom stereocenters. The second kappa shape index (κ2) is 17.5. The van der Waals surface area contributed by atoms with Gasteiger partial charge in [-0.1, -0.05) is 17.3 Å². The molecule has 3 aliphatic heterocycles.